The topological polar surface area (TPSA) is 122 Å². The van der Waals surface area contributed by atoms with E-state index in [-0.39, 0.29) is 30.2 Å². The molecule has 3 rings (SSSR count). The standard InChI is InChI=1S/C22H25N3O4S2/c1-14(10-17(26)13-24-31(29)18-8-6-15(12-23)7-9-18)22(27)25-21-19-5-3-2-4-16(19)11-20(21)30-28/h2-9,14,17,20-21,24,26,28H,10-11,13H2,1H3,(H,25,27). The van der Waals surface area contributed by atoms with E-state index in [2.05, 4.69) is 10.0 Å². The van der Waals surface area contributed by atoms with E-state index in [0.29, 0.717) is 16.9 Å². The van der Waals surface area contributed by atoms with Crippen LogP contribution in [0.2, 0.25) is 0 Å². The summed E-state index contributed by atoms with van der Waals surface area (Å²) in [7, 11) is -1.52. The molecule has 5 unspecified atom stereocenters. The number of aliphatic hydroxyl groups is 1. The van der Waals surface area contributed by atoms with Crippen molar-refractivity contribution >= 4 is 28.9 Å². The molecule has 1 aliphatic rings. The Labute approximate surface area is 188 Å². The normalized spacial score (nSPS) is 20.3. The van der Waals surface area contributed by atoms with Crippen molar-refractivity contribution in [2.24, 2.45) is 5.92 Å². The van der Waals surface area contributed by atoms with Gasteiger partial charge < -0.3 is 15.0 Å². The largest absolute Gasteiger partial charge is 0.392 e. The van der Waals surface area contributed by atoms with Gasteiger partial charge in [-0.2, -0.15) is 5.26 Å². The highest BCUT2D eigenvalue weighted by Gasteiger charge is 2.34. The van der Waals surface area contributed by atoms with E-state index >= 15 is 0 Å². The highest BCUT2D eigenvalue weighted by Crippen LogP contribution is 2.37. The number of hydrogen-bond donors (Lipinski definition) is 4. The zero-order valence-corrected chi connectivity index (χ0v) is 18.7. The predicted octanol–water partition coefficient (Wildman–Crippen LogP) is 2.55. The zero-order chi connectivity index (χ0) is 22.4. The molecule has 164 valence electrons. The number of aliphatic hydroxyl groups excluding tert-OH is 1. The number of carbonyl (C=O) groups excluding carboxylic acids is 1. The Morgan fingerprint density at radius 1 is 1.29 bits per heavy atom. The van der Waals surface area contributed by atoms with Crippen molar-refractivity contribution in [3.8, 4) is 6.07 Å². The maximum atomic E-state index is 12.7. The SMILES string of the molecule is CC(CC(O)CNS(=O)c1ccc(C#N)cc1)C(=O)NC1c2ccccc2CC1SO. The van der Waals surface area contributed by atoms with Crippen molar-refractivity contribution in [2.45, 2.75) is 42.1 Å². The number of nitriles is 1. The Kier molecular flexibility index (Phi) is 8.23. The van der Waals surface area contributed by atoms with Gasteiger partial charge in [0.1, 0.15) is 11.0 Å². The van der Waals surface area contributed by atoms with Gasteiger partial charge in [0.2, 0.25) is 5.91 Å². The quantitative estimate of drug-likeness (QED) is 0.428. The van der Waals surface area contributed by atoms with Crippen LogP contribution < -0.4 is 10.0 Å². The molecule has 4 N–H and O–H groups in total. The highest BCUT2D eigenvalue weighted by atomic mass is 32.2. The minimum Gasteiger partial charge on any atom is -0.392 e. The van der Waals surface area contributed by atoms with Gasteiger partial charge >= 0.3 is 0 Å². The van der Waals surface area contributed by atoms with Crippen LogP contribution in [0.25, 0.3) is 0 Å². The third-order valence-electron chi connectivity index (χ3n) is 5.34. The molecular formula is C22H25N3O4S2. The Bertz CT molecular complexity index is 977. The molecule has 0 saturated heterocycles. The second kappa shape index (κ2) is 10.9. The number of nitrogens with zero attached hydrogens (tertiary/aromatic N) is 1. The fourth-order valence-corrected chi connectivity index (χ4v) is 5.11. The summed E-state index contributed by atoms with van der Waals surface area (Å²) in [6.45, 7) is 1.80. The number of carbonyl (C=O) groups is 1. The summed E-state index contributed by atoms with van der Waals surface area (Å²) in [4.78, 5) is 13.2. The molecule has 0 saturated carbocycles. The maximum Gasteiger partial charge on any atom is 0.223 e. The minimum atomic E-state index is -1.52. The maximum absolute atomic E-state index is 12.7. The summed E-state index contributed by atoms with van der Waals surface area (Å²) in [6, 6.07) is 15.9. The highest BCUT2D eigenvalue weighted by molar-refractivity contribution is 7.94. The fourth-order valence-electron chi connectivity index (χ4n) is 3.63. The van der Waals surface area contributed by atoms with E-state index in [1.165, 1.54) is 0 Å². The Morgan fingerprint density at radius 3 is 2.68 bits per heavy atom. The smallest absolute Gasteiger partial charge is 0.223 e. The molecule has 0 spiro atoms. The van der Waals surface area contributed by atoms with Gasteiger partial charge in [-0.25, -0.2) is 8.93 Å². The molecule has 2 aromatic rings. The van der Waals surface area contributed by atoms with E-state index in [1.807, 2.05) is 30.3 Å². The van der Waals surface area contributed by atoms with Gasteiger partial charge in [-0.3, -0.25) is 4.79 Å². The molecule has 31 heavy (non-hydrogen) atoms. The number of benzene rings is 2. The third kappa shape index (κ3) is 5.93. The first kappa shape index (κ1) is 23.4. The predicted molar refractivity (Wildman–Crippen MR) is 120 cm³/mol. The summed E-state index contributed by atoms with van der Waals surface area (Å²) in [5, 5.41) is 22.0. The van der Waals surface area contributed by atoms with Crippen LogP contribution in [-0.4, -0.2) is 37.7 Å². The average Bonchev–Trinajstić information content (AvgIpc) is 3.15. The molecule has 0 heterocycles. The van der Waals surface area contributed by atoms with Crippen LogP contribution in [0, 0.1) is 17.2 Å². The average molecular weight is 460 g/mol. The molecule has 9 heteroatoms. The van der Waals surface area contributed by atoms with Crippen LogP contribution in [0.15, 0.2) is 53.4 Å². The van der Waals surface area contributed by atoms with Gasteiger partial charge in [0, 0.05) is 12.5 Å². The zero-order valence-electron chi connectivity index (χ0n) is 17.0. The van der Waals surface area contributed by atoms with E-state index < -0.39 is 23.0 Å². The van der Waals surface area contributed by atoms with Crippen molar-refractivity contribution in [3.05, 3.63) is 65.2 Å². The second-order valence-corrected chi connectivity index (χ2v) is 9.69. The molecule has 1 aliphatic carbocycles. The van der Waals surface area contributed by atoms with E-state index in [1.54, 1.807) is 31.2 Å². The lowest BCUT2D eigenvalue weighted by atomic mass is 10.0. The van der Waals surface area contributed by atoms with E-state index in [0.717, 1.165) is 23.2 Å². The van der Waals surface area contributed by atoms with E-state index in [9.17, 15) is 18.7 Å². The Hall–Kier alpha value is -2.22. The molecule has 2 aromatic carbocycles. The van der Waals surface area contributed by atoms with Crippen LogP contribution in [-0.2, 0) is 22.2 Å². The molecule has 0 bridgehead atoms. The van der Waals surface area contributed by atoms with Crippen molar-refractivity contribution in [2.75, 3.05) is 6.54 Å². The summed E-state index contributed by atoms with van der Waals surface area (Å²) >= 11 is 0.750. The van der Waals surface area contributed by atoms with Crippen molar-refractivity contribution < 1.29 is 18.7 Å². The van der Waals surface area contributed by atoms with Gasteiger partial charge in [0.05, 0.1) is 33.9 Å². The summed E-state index contributed by atoms with van der Waals surface area (Å²) in [5.41, 5.74) is 2.60. The molecule has 1 amide bonds. The molecule has 5 atom stereocenters. The molecule has 7 nitrogen and oxygen atoms in total. The first-order valence-electron chi connectivity index (χ1n) is 9.94. The van der Waals surface area contributed by atoms with Crippen LogP contribution in [0.3, 0.4) is 0 Å². The lowest BCUT2D eigenvalue weighted by molar-refractivity contribution is -0.126. The lowest BCUT2D eigenvalue weighted by Gasteiger charge is -2.23. The molecular weight excluding hydrogens is 434 g/mol. The van der Waals surface area contributed by atoms with E-state index in [4.69, 9.17) is 5.26 Å². The second-order valence-electron chi connectivity index (χ2n) is 7.58. The van der Waals surface area contributed by atoms with Crippen LogP contribution >= 0.6 is 12.0 Å². The third-order valence-corrected chi connectivity index (χ3v) is 7.18. The van der Waals surface area contributed by atoms with Crippen molar-refractivity contribution in [1.29, 1.82) is 5.26 Å². The minimum absolute atomic E-state index is 0.0611. The Morgan fingerprint density at radius 2 is 2.00 bits per heavy atom. The van der Waals surface area contributed by atoms with Crippen LogP contribution in [0.4, 0.5) is 0 Å². The van der Waals surface area contributed by atoms with Crippen LogP contribution in [0.5, 0.6) is 0 Å². The molecule has 0 aliphatic heterocycles. The molecule has 0 fully saturated rings. The fraction of sp³-hybridized carbons (Fsp3) is 0.364. The molecule has 0 radical (unpaired) electrons. The summed E-state index contributed by atoms with van der Waals surface area (Å²) in [6.07, 6.45) is 0.0287. The van der Waals surface area contributed by atoms with Gasteiger partial charge in [0.25, 0.3) is 0 Å². The lowest BCUT2D eigenvalue weighted by Crippen LogP contribution is -2.38. The molecule has 0 aromatic heterocycles. The number of rotatable bonds is 9. The van der Waals surface area contributed by atoms with Gasteiger partial charge in [-0.1, -0.05) is 31.2 Å². The first-order chi connectivity index (χ1) is 14.9. The van der Waals surface area contributed by atoms with Gasteiger partial charge in [-0.05, 0) is 60.3 Å². The van der Waals surface area contributed by atoms with Gasteiger partial charge in [-0.15, -0.1) is 0 Å². The van der Waals surface area contributed by atoms with Crippen molar-refractivity contribution in [1.82, 2.24) is 10.0 Å². The first-order valence-corrected chi connectivity index (χ1v) is 11.9. The van der Waals surface area contributed by atoms with Gasteiger partial charge in [0.15, 0.2) is 0 Å². The summed E-state index contributed by atoms with van der Waals surface area (Å²) in [5.74, 6) is -0.662. The monoisotopic (exact) mass is 459 g/mol. The van der Waals surface area contributed by atoms with Crippen molar-refractivity contribution in [3.63, 3.8) is 0 Å². The number of amides is 1. The number of fused-ring (bicyclic) bond motifs is 1. The van der Waals surface area contributed by atoms with Crippen LogP contribution in [0.1, 0.15) is 36.1 Å². The Balaban J connectivity index is 1.50. The number of nitrogens with one attached hydrogen (secondary N) is 2. The summed E-state index contributed by atoms with van der Waals surface area (Å²) < 4.78 is 24.7. The number of hydrogen-bond acceptors (Lipinski definition) is 6.